The van der Waals surface area contributed by atoms with E-state index in [-0.39, 0.29) is 0 Å². The van der Waals surface area contributed by atoms with Crippen LogP contribution in [0.4, 0.5) is 0 Å². The molecule has 0 radical (unpaired) electrons. The Morgan fingerprint density at radius 3 is 1.85 bits per heavy atom. The van der Waals surface area contributed by atoms with E-state index < -0.39 is 0 Å². The first-order valence-corrected chi connectivity index (χ1v) is 9.11. The SMILES string of the molecule is Cc1cc(-c2ccccc2)c2ccc3c(-c4ccccc4)ccnc3c2n1. The average Bonchev–Trinajstić information content (AvgIpc) is 2.74. The maximum Gasteiger partial charge on any atom is 0.0974 e. The van der Waals surface area contributed by atoms with Gasteiger partial charge in [0.1, 0.15) is 0 Å². The molecule has 0 aliphatic carbocycles. The van der Waals surface area contributed by atoms with Crippen molar-refractivity contribution in [1.82, 2.24) is 9.97 Å². The number of rotatable bonds is 2. The Labute approximate surface area is 158 Å². The quantitative estimate of drug-likeness (QED) is 0.344. The Morgan fingerprint density at radius 1 is 0.593 bits per heavy atom. The van der Waals surface area contributed by atoms with Crippen molar-refractivity contribution in [3.05, 3.63) is 96.8 Å². The number of pyridine rings is 2. The van der Waals surface area contributed by atoms with Gasteiger partial charge >= 0.3 is 0 Å². The minimum atomic E-state index is 0.953. The Bertz CT molecular complexity index is 1260. The molecule has 27 heavy (non-hydrogen) atoms. The normalized spacial score (nSPS) is 11.1. The smallest absolute Gasteiger partial charge is 0.0974 e. The molecule has 0 atom stereocenters. The van der Waals surface area contributed by atoms with Crippen molar-refractivity contribution < 1.29 is 0 Å². The number of nitrogens with zero attached hydrogens (tertiary/aromatic N) is 2. The molecule has 0 fully saturated rings. The van der Waals surface area contributed by atoms with E-state index in [4.69, 9.17) is 9.97 Å². The second kappa shape index (κ2) is 6.33. The highest BCUT2D eigenvalue weighted by Crippen LogP contribution is 2.35. The van der Waals surface area contributed by atoms with Gasteiger partial charge in [-0.15, -0.1) is 0 Å². The molecule has 0 saturated heterocycles. The van der Waals surface area contributed by atoms with Gasteiger partial charge in [-0.05, 0) is 41.3 Å². The van der Waals surface area contributed by atoms with Gasteiger partial charge in [-0.3, -0.25) is 9.97 Å². The highest BCUT2D eigenvalue weighted by molar-refractivity contribution is 6.11. The lowest BCUT2D eigenvalue weighted by Crippen LogP contribution is -1.92. The maximum atomic E-state index is 4.86. The number of benzene rings is 3. The minimum Gasteiger partial charge on any atom is -0.254 e. The molecule has 0 aliphatic heterocycles. The van der Waals surface area contributed by atoms with Gasteiger partial charge in [0.25, 0.3) is 0 Å². The predicted octanol–water partition coefficient (Wildman–Crippen LogP) is 6.43. The second-order valence-electron chi connectivity index (χ2n) is 6.76. The van der Waals surface area contributed by atoms with Crippen LogP contribution in [-0.4, -0.2) is 9.97 Å². The van der Waals surface area contributed by atoms with Crippen molar-refractivity contribution in [3.8, 4) is 22.3 Å². The lowest BCUT2D eigenvalue weighted by Gasteiger charge is -2.12. The van der Waals surface area contributed by atoms with Crippen LogP contribution in [0.1, 0.15) is 5.69 Å². The summed E-state index contributed by atoms with van der Waals surface area (Å²) in [5, 5.41) is 2.27. The van der Waals surface area contributed by atoms with Gasteiger partial charge in [0, 0.05) is 22.7 Å². The molecule has 5 rings (SSSR count). The molecule has 0 amide bonds. The summed E-state index contributed by atoms with van der Waals surface area (Å²) >= 11 is 0. The van der Waals surface area contributed by atoms with E-state index in [0.29, 0.717) is 0 Å². The van der Waals surface area contributed by atoms with E-state index in [1.165, 1.54) is 22.3 Å². The lowest BCUT2D eigenvalue weighted by molar-refractivity contribution is 1.25. The van der Waals surface area contributed by atoms with E-state index >= 15 is 0 Å². The van der Waals surface area contributed by atoms with Gasteiger partial charge in [0.2, 0.25) is 0 Å². The molecule has 0 unspecified atom stereocenters. The van der Waals surface area contributed by atoms with Crippen LogP contribution in [0.15, 0.2) is 91.1 Å². The van der Waals surface area contributed by atoms with Gasteiger partial charge < -0.3 is 0 Å². The van der Waals surface area contributed by atoms with E-state index in [0.717, 1.165) is 27.5 Å². The summed E-state index contributed by atoms with van der Waals surface area (Å²) in [7, 11) is 0. The summed E-state index contributed by atoms with van der Waals surface area (Å²) in [4.78, 5) is 9.57. The standard InChI is InChI=1S/C25H18N2/c1-17-16-23(19-10-6-3-7-11-19)22-13-12-21-20(18-8-4-2-5-9-18)14-15-26-24(21)25(22)27-17/h2-16H,1H3. The largest absolute Gasteiger partial charge is 0.254 e. The van der Waals surface area contributed by atoms with E-state index in [1.54, 1.807) is 0 Å². The molecule has 2 heterocycles. The zero-order valence-corrected chi connectivity index (χ0v) is 15.1. The van der Waals surface area contributed by atoms with Crippen LogP contribution in [0.3, 0.4) is 0 Å². The fraction of sp³-hybridized carbons (Fsp3) is 0.0400. The third-order valence-electron chi connectivity index (χ3n) is 4.99. The molecule has 0 saturated carbocycles. The van der Waals surface area contributed by atoms with Gasteiger partial charge in [-0.25, -0.2) is 0 Å². The van der Waals surface area contributed by atoms with Crippen molar-refractivity contribution in [2.45, 2.75) is 6.92 Å². The molecule has 0 N–H and O–H groups in total. The van der Waals surface area contributed by atoms with Crippen LogP contribution in [0, 0.1) is 6.92 Å². The number of hydrogen-bond donors (Lipinski definition) is 0. The zero-order valence-electron chi connectivity index (χ0n) is 15.1. The Kier molecular flexibility index (Phi) is 3.68. The zero-order chi connectivity index (χ0) is 18.2. The molecule has 128 valence electrons. The Hall–Kier alpha value is -3.52. The first-order chi connectivity index (χ1) is 13.3. The number of fused-ring (bicyclic) bond motifs is 3. The molecule has 2 aromatic heterocycles. The van der Waals surface area contributed by atoms with E-state index in [2.05, 4.69) is 72.8 Å². The summed E-state index contributed by atoms with van der Waals surface area (Å²) in [6.07, 6.45) is 1.89. The molecule has 0 aliphatic rings. The van der Waals surface area contributed by atoms with Crippen LogP contribution in [0.2, 0.25) is 0 Å². The van der Waals surface area contributed by atoms with Crippen molar-refractivity contribution in [1.29, 1.82) is 0 Å². The monoisotopic (exact) mass is 346 g/mol. The summed E-state index contributed by atoms with van der Waals surface area (Å²) in [6.45, 7) is 2.05. The number of aryl methyl sites for hydroxylation is 1. The summed E-state index contributed by atoms with van der Waals surface area (Å²) < 4.78 is 0. The molecule has 3 aromatic carbocycles. The summed E-state index contributed by atoms with van der Waals surface area (Å²) in [5.41, 5.74) is 7.70. The fourth-order valence-electron chi connectivity index (χ4n) is 3.76. The lowest BCUT2D eigenvalue weighted by atomic mass is 9.96. The Balaban J connectivity index is 1.86. The molecule has 2 nitrogen and oxygen atoms in total. The van der Waals surface area contributed by atoms with E-state index in [9.17, 15) is 0 Å². The van der Waals surface area contributed by atoms with Gasteiger partial charge in [-0.2, -0.15) is 0 Å². The number of aromatic nitrogens is 2. The Morgan fingerprint density at radius 2 is 1.19 bits per heavy atom. The molecule has 0 bridgehead atoms. The average molecular weight is 346 g/mol. The minimum absolute atomic E-state index is 0.953. The van der Waals surface area contributed by atoms with Crippen molar-refractivity contribution in [2.75, 3.05) is 0 Å². The molecular formula is C25H18N2. The van der Waals surface area contributed by atoms with Gasteiger partial charge in [-0.1, -0.05) is 72.8 Å². The molecule has 2 heteroatoms. The topological polar surface area (TPSA) is 25.8 Å². The number of hydrogen-bond acceptors (Lipinski definition) is 2. The highest BCUT2D eigenvalue weighted by Gasteiger charge is 2.12. The van der Waals surface area contributed by atoms with Crippen LogP contribution >= 0.6 is 0 Å². The van der Waals surface area contributed by atoms with Crippen molar-refractivity contribution >= 4 is 21.8 Å². The van der Waals surface area contributed by atoms with E-state index in [1.807, 2.05) is 25.3 Å². The van der Waals surface area contributed by atoms with Crippen LogP contribution in [-0.2, 0) is 0 Å². The predicted molar refractivity (Wildman–Crippen MR) is 113 cm³/mol. The summed E-state index contributed by atoms with van der Waals surface area (Å²) in [6, 6.07) is 29.5. The molecule has 5 aromatic rings. The van der Waals surface area contributed by atoms with Crippen LogP contribution in [0.25, 0.3) is 44.1 Å². The van der Waals surface area contributed by atoms with Crippen LogP contribution in [0.5, 0.6) is 0 Å². The van der Waals surface area contributed by atoms with Gasteiger partial charge in [0.05, 0.1) is 11.0 Å². The van der Waals surface area contributed by atoms with Gasteiger partial charge in [0.15, 0.2) is 0 Å². The molecular weight excluding hydrogens is 328 g/mol. The third kappa shape index (κ3) is 2.67. The second-order valence-corrected chi connectivity index (χ2v) is 6.76. The highest BCUT2D eigenvalue weighted by atomic mass is 14.7. The van der Waals surface area contributed by atoms with Crippen LogP contribution < -0.4 is 0 Å². The fourth-order valence-corrected chi connectivity index (χ4v) is 3.76. The molecule has 0 spiro atoms. The summed E-state index contributed by atoms with van der Waals surface area (Å²) in [5.74, 6) is 0. The van der Waals surface area contributed by atoms with Crippen molar-refractivity contribution in [3.63, 3.8) is 0 Å². The first kappa shape index (κ1) is 15.7. The maximum absolute atomic E-state index is 4.86. The first-order valence-electron chi connectivity index (χ1n) is 9.11. The third-order valence-corrected chi connectivity index (χ3v) is 4.99. The van der Waals surface area contributed by atoms with Crippen molar-refractivity contribution in [2.24, 2.45) is 0 Å².